The molecule has 0 aliphatic carbocycles. The van der Waals surface area contributed by atoms with Crippen LogP contribution in [0.5, 0.6) is 0 Å². The van der Waals surface area contributed by atoms with Crippen molar-refractivity contribution in [3.05, 3.63) is 12.2 Å². The third kappa shape index (κ3) is 2.82. The Labute approximate surface area is 101 Å². The summed E-state index contributed by atoms with van der Waals surface area (Å²) in [5.74, 6) is 0.526. The van der Waals surface area contributed by atoms with Gasteiger partial charge in [-0.1, -0.05) is 0 Å². The zero-order valence-electron chi connectivity index (χ0n) is 11.0. The lowest BCUT2D eigenvalue weighted by Crippen LogP contribution is -2.55. The second-order valence-corrected chi connectivity index (χ2v) is 5.41. The number of rotatable bonds is 4. The smallest absolute Gasteiger partial charge is 0.228 e. The van der Waals surface area contributed by atoms with Gasteiger partial charge in [-0.05, 0) is 34.6 Å². The fourth-order valence-corrected chi connectivity index (χ4v) is 1.16. The van der Waals surface area contributed by atoms with E-state index in [1.807, 2.05) is 34.6 Å². The normalized spacial score (nSPS) is 14.5. The van der Waals surface area contributed by atoms with Crippen LogP contribution in [-0.2, 0) is 4.79 Å². The zero-order valence-corrected chi connectivity index (χ0v) is 11.0. The lowest BCUT2D eigenvalue weighted by molar-refractivity contribution is -0.133. The van der Waals surface area contributed by atoms with E-state index in [0.29, 0.717) is 5.82 Å². The highest BCUT2D eigenvalue weighted by Crippen LogP contribution is 2.29. The first-order valence-electron chi connectivity index (χ1n) is 5.61. The molecule has 0 saturated carbocycles. The van der Waals surface area contributed by atoms with Crippen LogP contribution in [0.3, 0.4) is 0 Å². The van der Waals surface area contributed by atoms with E-state index in [1.54, 1.807) is 0 Å². The molecule has 17 heavy (non-hydrogen) atoms. The molecule has 6 heteroatoms. The van der Waals surface area contributed by atoms with E-state index >= 15 is 0 Å². The minimum absolute atomic E-state index is 0.103. The van der Waals surface area contributed by atoms with Gasteiger partial charge in [0.15, 0.2) is 0 Å². The molecule has 96 valence electrons. The van der Waals surface area contributed by atoms with Gasteiger partial charge in [0.2, 0.25) is 5.91 Å². The number of aromatic nitrogens is 3. The van der Waals surface area contributed by atoms with Crippen LogP contribution in [0.4, 0.5) is 0 Å². The summed E-state index contributed by atoms with van der Waals surface area (Å²) < 4.78 is 0. The topological polar surface area (TPSA) is 96.7 Å². The molecule has 0 fully saturated rings. The van der Waals surface area contributed by atoms with Crippen LogP contribution in [0.2, 0.25) is 0 Å². The van der Waals surface area contributed by atoms with E-state index in [9.17, 15) is 4.79 Å². The SMILES string of the molecule is CC(NC(=O)C(C)(C)C(C)(C)N)c1ncn[nH]1. The molecule has 1 heterocycles. The summed E-state index contributed by atoms with van der Waals surface area (Å²) >= 11 is 0. The Balaban J connectivity index is 2.73. The van der Waals surface area contributed by atoms with Gasteiger partial charge in [0.25, 0.3) is 0 Å². The number of nitrogens with one attached hydrogen (secondary N) is 2. The number of nitrogens with two attached hydrogens (primary N) is 1. The van der Waals surface area contributed by atoms with Gasteiger partial charge in [0.1, 0.15) is 12.2 Å². The summed E-state index contributed by atoms with van der Waals surface area (Å²) in [6, 6.07) is -0.216. The van der Waals surface area contributed by atoms with Crippen molar-refractivity contribution in [2.45, 2.75) is 46.2 Å². The molecule has 0 spiro atoms. The molecule has 0 aliphatic heterocycles. The van der Waals surface area contributed by atoms with Crippen LogP contribution in [0, 0.1) is 5.41 Å². The van der Waals surface area contributed by atoms with Crippen molar-refractivity contribution in [3.63, 3.8) is 0 Å². The average Bonchev–Trinajstić information content (AvgIpc) is 2.68. The highest BCUT2D eigenvalue weighted by atomic mass is 16.2. The standard InChI is InChI=1S/C11H21N5O/c1-7(8-13-6-14-16-8)15-9(17)10(2,3)11(4,5)12/h6-7H,12H2,1-5H3,(H,15,17)(H,13,14,16). The van der Waals surface area contributed by atoms with Crippen LogP contribution in [0.15, 0.2) is 6.33 Å². The molecule has 0 aromatic carbocycles. The predicted molar refractivity (Wildman–Crippen MR) is 65.0 cm³/mol. The molecule has 0 aliphatic rings. The molecular formula is C11H21N5O. The molecule has 4 N–H and O–H groups in total. The molecule has 0 bridgehead atoms. The molecular weight excluding hydrogens is 218 g/mol. The largest absolute Gasteiger partial charge is 0.346 e. The Kier molecular flexibility index (Phi) is 3.56. The van der Waals surface area contributed by atoms with Gasteiger partial charge in [0, 0.05) is 5.54 Å². The predicted octanol–water partition coefficient (Wildman–Crippen LogP) is 0.745. The highest BCUT2D eigenvalue weighted by Gasteiger charge is 2.40. The van der Waals surface area contributed by atoms with Crippen LogP contribution in [-0.4, -0.2) is 26.6 Å². The lowest BCUT2D eigenvalue weighted by atomic mass is 9.74. The van der Waals surface area contributed by atoms with Gasteiger partial charge in [-0.25, -0.2) is 4.98 Å². The summed E-state index contributed by atoms with van der Waals surface area (Å²) in [4.78, 5) is 16.2. The summed E-state index contributed by atoms with van der Waals surface area (Å²) in [5, 5.41) is 9.35. The molecule has 1 amide bonds. The van der Waals surface area contributed by atoms with Crippen LogP contribution in [0.1, 0.15) is 46.5 Å². The molecule has 1 unspecified atom stereocenters. The van der Waals surface area contributed by atoms with E-state index in [-0.39, 0.29) is 11.9 Å². The number of carbonyl (C=O) groups excluding carboxylic acids is 1. The maximum absolute atomic E-state index is 12.2. The Morgan fingerprint density at radius 1 is 1.47 bits per heavy atom. The fraction of sp³-hybridized carbons (Fsp3) is 0.727. The Bertz CT molecular complexity index is 377. The number of carbonyl (C=O) groups is 1. The maximum atomic E-state index is 12.2. The van der Waals surface area contributed by atoms with Crippen molar-refractivity contribution in [1.82, 2.24) is 20.5 Å². The van der Waals surface area contributed by atoms with Crippen molar-refractivity contribution >= 4 is 5.91 Å². The fourth-order valence-electron chi connectivity index (χ4n) is 1.16. The molecule has 6 nitrogen and oxygen atoms in total. The molecule has 1 aromatic rings. The summed E-state index contributed by atoms with van der Waals surface area (Å²) in [5.41, 5.74) is 4.75. The molecule has 1 aromatic heterocycles. The van der Waals surface area contributed by atoms with E-state index in [4.69, 9.17) is 5.73 Å². The van der Waals surface area contributed by atoms with Gasteiger partial charge < -0.3 is 11.1 Å². The number of nitrogens with zero attached hydrogens (tertiary/aromatic N) is 2. The monoisotopic (exact) mass is 239 g/mol. The van der Waals surface area contributed by atoms with Gasteiger partial charge in [-0.2, -0.15) is 5.10 Å². The summed E-state index contributed by atoms with van der Waals surface area (Å²) in [7, 11) is 0. The van der Waals surface area contributed by atoms with Crippen molar-refractivity contribution < 1.29 is 4.79 Å². The number of amides is 1. The van der Waals surface area contributed by atoms with E-state index in [0.717, 1.165) is 0 Å². The van der Waals surface area contributed by atoms with E-state index < -0.39 is 11.0 Å². The number of H-pyrrole nitrogens is 1. The van der Waals surface area contributed by atoms with E-state index in [1.165, 1.54) is 6.33 Å². The number of hydrogen-bond donors (Lipinski definition) is 3. The van der Waals surface area contributed by atoms with Crippen molar-refractivity contribution in [2.75, 3.05) is 0 Å². The van der Waals surface area contributed by atoms with Crippen LogP contribution in [0.25, 0.3) is 0 Å². The first-order chi connectivity index (χ1) is 7.66. The lowest BCUT2D eigenvalue weighted by Gasteiger charge is -2.37. The first kappa shape index (κ1) is 13.6. The van der Waals surface area contributed by atoms with Crippen molar-refractivity contribution in [1.29, 1.82) is 0 Å². The quantitative estimate of drug-likeness (QED) is 0.722. The first-order valence-corrected chi connectivity index (χ1v) is 5.61. The highest BCUT2D eigenvalue weighted by molar-refractivity contribution is 5.83. The third-order valence-corrected chi connectivity index (χ3v) is 3.37. The van der Waals surface area contributed by atoms with Gasteiger partial charge in [-0.15, -0.1) is 0 Å². The second-order valence-electron chi connectivity index (χ2n) is 5.41. The molecule has 0 saturated heterocycles. The number of aromatic amines is 1. The summed E-state index contributed by atoms with van der Waals surface area (Å²) in [6.07, 6.45) is 1.41. The van der Waals surface area contributed by atoms with Gasteiger partial charge in [-0.3, -0.25) is 9.89 Å². The minimum Gasteiger partial charge on any atom is -0.346 e. The Morgan fingerprint density at radius 2 is 2.06 bits per heavy atom. The van der Waals surface area contributed by atoms with Crippen molar-refractivity contribution in [3.8, 4) is 0 Å². The maximum Gasteiger partial charge on any atom is 0.228 e. The van der Waals surface area contributed by atoms with Crippen molar-refractivity contribution in [2.24, 2.45) is 11.1 Å². The summed E-state index contributed by atoms with van der Waals surface area (Å²) in [6.45, 7) is 9.18. The van der Waals surface area contributed by atoms with Gasteiger partial charge >= 0.3 is 0 Å². The zero-order chi connectivity index (χ0) is 13.3. The Morgan fingerprint density at radius 3 is 2.47 bits per heavy atom. The van der Waals surface area contributed by atoms with Crippen LogP contribution >= 0.6 is 0 Å². The van der Waals surface area contributed by atoms with Crippen LogP contribution < -0.4 is 11.1 Å². The Hall–Kier alpha value is -1.43. The number of hydrogen-bond acceptors (Lipinski definition) is 4. The third-order valence-electron chi connectivity index (χ3n) is 3.37. The molecule has 1 atom stereocenters. The second kappa shape index (κ2) is 4.44. The molecule has 0 radical (unpaired) electrons. The van der Waals surface area contributed by atoms with E-state index in [2.05, 4.69) is 20.5 Å². The average molecular weight is 239 g/mol. The molecule has 1 rings (SSSR count). The minimum atomic E-state index is -0.665. The van der Waals surface area contributed by atoms with Gasteiger partial charge in [0.05, 0.1) is 11.5 Å².